The van der Waals surface area contributed by atoms with Crippen molar-refractivity contribution in [2.45, 2.75) is 24.8 Å². The predicted molar refractivity (Wildman–Crippen MR) is 166 cm³/mol. The van der Waals surface area contributed by atoms with Crippen molar-refractivity contribution in [3.8, 4) is 11.5 Å². The number of aryl methyl sites for hydroxylation is 2. The molecule has 1 saturated heterocycles. The van der Waals surface area contributed by atoms with Crippen molar-refractivity contribution in [3.63, 3.8) is 0 Å². The zero-order valence-electron chi connectivity index (χ0n) is 24.3. The largest absolute Gasteiger partial charge is 0.456 e. The monoisotopic (exact) mass is 670 g/mol. The lowest BCUT2D eigenvalue weighted by Crippen LogP contribution is -2.39. The number of para-hydroxylation sites is 1. The van der Waals surface area contributed by atoms with E-state index in [-0.39, 0.29) is 51.8 Å². The first kappa shape index (κ1) is 33.6. The molecule has 1 aliphatic heterocycles. The van der Waals surface area contributed by atoms with Gasteiger partial charge in [0, 0.05) is 17.5 Å². The predicted octanol–water partition coefficient (Wildman–Crippen LogP) is 4.78. The van der Waals surface area contributed by atoms with Crippen LogP contribution in [0.15, 0.2) is 77.7 Å². The Labute approximate surface area is 267 Å². The van der Waals surface area contributed by atoms with Crippen LogP contribution in [0.4, 0.5) is 22.1 Å². The van der Waals surface area contributed by atoms with Gasteiger partial charge in [-0.05, 0) is 50.2 Å². The van der Waals surface area contributed by atoms with Gasteiger partial charge in [-0.3, -0.25) is 15.4 Å². The molecule has 4 aromatic rings. The maximum atomic E-state index is 12.6. The van der Waals surface area contributed by atoms with E-state index >= 15 is 0 Å². The van der Waals surface area contributed by atoms with E-state index in [4.69, 9.17) is 31.5 Å². The third-order valence-corrected chi connectivity index (χ3v) is 7.78. The third-order valence-electron chi connectivity index (χ3n) is 6.00. The summed E-state index contributed by atoms with van der Waals surface area (Å²) in [5.74, 6) is 0.00817. The van der Waals surface area contributed by atoms with Crippen LogP contribution in [0, 0.1) is 24.0 Å². The van der Waals surface area contributed by atoms with E-state index in [1.54, 1.807) is 44.2 Å². The summed E-state index contributed by atoms with van der Waals surface area (Å²) in [4.78, 5) is 42.1. The lowest BCUT2D eigenvalue weighted by Gasteiger charge is -2.25. The van der Waals surface area contributed by atoms with Gasteiger partial charge in [-0.1, -0.05) is 41.9 Å². The number of carbonyl (C=O) groups is 2. The number of rotatable bonds is 8. The molecule has 0 atom stereocenters. The zero-order valence-corrected chi connectivity index (χ0v) is 25.9. The number of hydrogen-bond donors (Lipinski definition) is 3. The Kier molecular flexibility index (Phi) is 10.7. The number of esters is 1. The molecule has 5 rings (SSSR count). The summed E-state index contributed by atoms with van der Waals surface area (Å²) < 4.78 is 42.6. The van der Waals surface area contributed by atoms with Gasteiger partial charge in [0.1, 0.15) is 33.2 Å². The highest BCUT2D eigenvalue weighted by atomic mass is 35.5. The molecular formula is C29H27ClN6O9S. The average Bonchev–Trinajstić information content (AvgIpc) is 2.97. The fraction of sp³-hybridized carbons (Fsp3) is 0.172. The van der Waals surface area contributed by atoms with Crippen LogP contribution in [-0.2, 0) is 19.5 Å². The van der Waals surface area contributed by atoms with Gasteiger partial charge in [0.05, 0.1) is 23.7 Å². The third kappa shape index (κ3) is 8.65. The maximum Gasteiger partial charge on any atom is 0.339 e. The van der Waals surface area contributed by atoms with E-state index in [0.29, 0.717) is 17.1 Å². The molecule has 17 heteroatoms. The normalized spacial score (nSPS) is 12.5. The number of nitrogens with zero attached hydrogens (tertiary/aromatic N) is 3. The highest BCUT2D eigenvalue weighted by Gasteiger charge is 2.29. The fourth-order valence-electron chi connectivity index (χ4n) is 3.87. The fourth-order valence-corrected chi connectivity index (χ4v) is 5.17. The van der Waals surface area contributed by atoms with Gasteiger partial charge >= 0.3 is 12.0 Å². The van der Waals surface area contributed by atoms with E-state index in [1.165, 1.54) is 36.4 Å². The topological polar surface area (TPSA) is 215 Å². The molecule has 46 heavy (non-hydrogen) atoms. The van der Waals surface area contributed by atoms with E-state index in [0.717, 1.165) is 0 Å². The van der Waals surface area contributed by atoms with E-state index in [9.17, 15) is 28.1 Å². The second-order valence-electron chi connectivity index (χ2n) is 9.58. The molecule has 4 N–H and O–H groups in total. The van der Waals surface area contributed by atoms with Gasteiger partial charge in [0.25, 0.3) is 15.7 Å². The summed E-state index contributed by atoms with van der Waals surface area (Å²) in [6.07, 6.45) is -0.416. The van der Waals surface area contributed by atoms with Crippen molar-refractivity contribution < 1.29 is 37.1 Å². The van der Waals surface area contributed by atoms with Crippen molar-refractivity contribution >= 4 is 50.9 Å². The Morgan fingerprint density at radius 1 is 1.02 bits per heavy atom. The lowest BCUT2D eigenvalue weighted by molar-refractivity contribution is -0.383. The minimum atomic E-state index is -4.35. The molecule has 1 aromatic heterocycles. The molecule has 15 nitrogen and oxygen atoms in total. The minimum absolute atomic E-state index is 0.0352. The minimum Gasteiger partial charge on any atom is -0.456 e. The van der Waals surface area contributed by atoms with Gasteiger partial charge in [0.15, 0.2) is 0 Å². The number of nitro benzene ring substituents is 1. The number of nitro groups is 1. The number of carbonyl (C=O) groups excluding carboxylic acids is 2. The quantitative estimate of drug-likeness (QED) is 0.0999. The molecule has 0 radical (unpaired) electrons. The highest BCUT2D eigenvalue weighted by molar-refractivity contribution is 7.90. The summed E-state index contributed by atoms with van der Waals surface area (Å²) in [6.45, 7) is 3.95. The number of amides is 2. The molecule has 0 saturated carbocycles. The molecule has 3 aromatic carbocycles. The molecular weight excluding hydrogens is 644 g/mol. The Morgan fingerprint density at radius 3 is 2.26 bits per heavy atom. The van der Waals surface area contributed by atoms with Crippen LogP contribution in [0.5, 0.6) is 11.5 Å². The molecule has 0 spiro atoms. The summed E-state index contributed by atoms with van der Waals surface area (Å²) in [5.41, 5.74) is 6.28. The van der Waals surface area contributed by atoms with Crippen molar-refractivity contribution in [1.29, 1.82) is 0 Å². The first-order valence-electron chi connectivity index (χ1n) is 13.3. The summed E-state index contributed by atoms with van der Waals surface area (Å²) in [7, 11) is -4.35. The standard InChI is InChI=1S/C17H18N4O6S.C12H9ClN2O3/c1-10-7-11(2)19-16(18-10)20-17(23)21-28(24,25)14-6-4-3-5-13(14)15(22)27-12-8-26-9-12;13-11-10(18-8-4-2-1-3-5-8)7-6-9(12(11)14)15(16)17/h3-7,12H,8-9H2,1-2H3,(H2,18,19,20,21,23);1-7H,14H2. The smallest absolute Gasteiger partial charge is 0.339 e. The van der Waals surface area contributed by atoms with Crippen molar-refractivity contribution in [2.75, 3.05) is 24.3 Å². The number of ether oxygens (including phenoxy) is 3. The van der Waals surface area contributed by atoms with Gasteiger partial charge in [-0.2, -0.15) is 0 Å². The molecule has 1 fully saturated rings. The van der Waals surface area contributed by atoms with Crippen LogP contribution < -0.4 is 20.5 Å². The lowest BCUT2D eigenvalue weighted by atomic mass is 10.2. The van der Waals surface area contributed by atoms with E-state index in [1.807, 2.05) is 10.8 Å². The molecule has 0 aliphatic carbocycles. The van der Waals surface area contributed by atoms with Crippen LogP contribution >= 0.6 is 11.6 Å². The number of urea groups is 1. The van der Waals surface area contributed by atoms with Crippen LogP contribution in [0.1, 0.15) is 21.7 Å². The molecule has 2 amide bonds. The Hall–Kier alpha value is -5.32. The number of halogens is 1. The average molecular weight is 671 g/mol. The number of nitrogens with two attached hydrogens (primary N) is 1. The summed E-state index contributed by atoms with van der Waals surface area (Å²) in [5, 5.41) is 13.0. The highest BCUT2D eigenvalue weighted by Crippen LogP contribution is 2.38. The number of benzene rings is 3. The van der Waals surface area contributed by atoms with Crippen LogP contribution in [0.25, 0.3) is 0 Å². The van der Waals surface area contributed by atoms with Crippen molar-refractivity contribution in [3.05, 3.63) is 105 Å². The number of anilines is 2. The van der Waals surface area contributed by atoms with Crippen molar-refractivity contribution in [2.24, 2.45) is 0 Å². The van der Waals surface area contributed by atoms with Gasteiger partial charge < -0.3 is 19.9 Å². The molecule has 0 unspecified atom stereocenters. The van der Waals surface area contributed by atoms with Gasteiger partial charge in [-0.15, -0.1) is 0 Å². The van der Waals surface area contributed by atoms with Gasteiger partial charge in [0.2, 0.25) is 5.95 Å². The summed E-state index contributed by atoms with van der Waals surface area (Å²) in [6, 6.07) is 17.7. The number of aromatic nitrogens is 2. The van der Waals surface area contributed by atoms with Gasteiger partial charge in [-0.25, -0.2) is 32.7 Å². The number of sulfonamides is 1. The Bertz CT molecular complexity index is 1850. The second-order valence-corrected chi connectivity index (χ2v) is 11.6. The molecule has 0 bridgehead atoms. The Balaban J connectivity index is 0.000000230. The van der Waals surface area contributed by atoms with E-state index in [2.05, 4.69) is 15.3 Å². The van der Waals surface area contributed by atoms with Crippen LogP contribution in [0.3, 0.4) is 0 Å². The first-order valence-corrected chi connectivity index (χ1v) is 15.2. The molecule has 2 heterocycles. The van der Waals surface area contributed by atoms with Crippen LogP contribution in [0.2, 0.25) is 5.02 Å². The zero-order chi connectivity index (χ0) is 33.4. The molecule has 1 aliphatic rings. The number of nitrogens with one attached hydrogen (secondary N) is 2. The van der Waals surface area contributed by atoms with E-state index < -0.39 is 33.1 Å². The number of hydrogen-bond acceptors (Lipinski definition) is 12. The second kappa shape index (κ2) is 14.6. The Morgan fingerprint density at radius 2 is 1.65 bits per heavy atom. The maximum absolute atomic E-state index is 12.6. The SMILES string of the molecule is Cc1cc(C)nc(NC(=O)NS(=O)(=O)c2ccccc2C(=O)OC2COC2)n1.Nc1c([N+](=O)[O-])ccc(Oc2ccccc2)c1Cl. The number of nitrogen functional groups attached to an aromatic ring is 1. The first-order chi connectivity index (χ1) is 21.8. The van der Waals surface area contributed by atoms with Crippen molar-refractivity contribution in [1.82, 2.24) is 14.7 Å². The summed E-state index contributed by atoms with van der Waals surface area (Å²) >= 11 is 5.94. The molecule has 240 valence electrons. The van der Waals surface area contributed by atoms with Crippen LogP contribution in [-0.4, -0.2) is 54.6 Å².